The van der Waals surface area contributed by atoms with Crippen molar-refractivity contribution in [1.82, 2.24) is 14.9 Å². The van der Waals surface area contributed by atoms with E-state index in [1.165, 1.54) is 12.3 Å². The van der Waals surface area contributed by atoms with Crippen molar-refractivity contribution in [3.05, 3.63) is 54.2 Å². The van der Waals surface area contributed by atoms with Crippen molar-refractivity contribution in [2.45, 2.75) is 37.6 Å². The minimum absolute atomic E-state index is 0.0510. The van der Waals surface area contributed by atoms with Crippen LogP contribution in [0.1, 0.15) is 18.5 Å². The average molecular weight is 329 g/mol. The van der Waals surface area contributed by atoms with Gasteiger partial charge in [-0.15, -0.1) is 0 Å². The summed E-state index contributed by atoms with van der Waals surface area (Å²) in [4.78, 5) is 10.7. The highest BCUT2D eigenvalue weighted by Gasteiger charge is 2.45. The Hall–Kier alpha value is -2.05. The maximum absolute atomic E-state index is 13.9. The summed E-state index contributed by atoms with van der Waals surface area (Å²) in [6.45, 7) is 2.15. The molecule has 4 heterocycles. The Morgan fingerprint density at radius 2 is 2.12 bits per heavy atom. The maximum Gasteiger partial charge on any atom is 0.250 e. The zero-order chi connectivity index (χ0) is 16.4. The van der Waals surface area contributed by atoms with E-state index >= 15 is 0 Å². The van der Waals surface area contributed by atoms with Gasteiger partial charge in [-0.25, -0.2) is 9.37 Å². The first-order chi connectivity index (χ1) is 11.8. The third-order valence-electron chi connectivity index (χ3n) is 4.66. The van der Waals surface area contributed by atoms with Gasteiger partial charge in [0, 0.05) is 38.1 Å². The average Bonchev–Trinajstić information content (AvgIpc) is 2.96. The van der Waals surface area contributed by atoms with Gasteiger partial charge in [-0.1, -0.05) is 6.07 Å². The van der Waals surface area contributed by atoms with E-state index in [1.54, 1.807) is 12.3 Å². The summed E-state index contributed by atoms with van der Waals surface area (Å²) < 4.78 is 25.7. The molecule has 0 bridgehead atoms. The number of nitrogens with zero attached hydrogens (tertiary/aromatic N) is 3. The van der Waals surface area contributed by atoms with Crippen LogP contribution >= 0.6 is 0 Å². The van der Waals surface area contributed by atoms with Crippen molar-refractivity contribution in [2.75, 3.05) is 13.2 Å². The Kier molecular flexibility index (Phi) is 4.40. The fraction of sp³-hybridized carbons (Fsp3) is 0.444. The summed E-state index contributed by atoms with van der Waals surface area (Å²) >= 11 is 0. The quantitative estimate of drug-likeness (QED) is 0.862. The molecule has 2 aromatic rings. The summed E-state index contributed by atoms with van der Waals surface area (Å²) in [7, 11) is 0. The van der Waals surface area contributed by atoms with Gasteiger partial charge < -0.3 is 9.47 Å². The highest BCUT2D eigenvalue weighted by atomic mass is 19.1. The zero-order valence-electron chi connectivity index (χ0n) is 13.3. The summed E-state index contributed by atoms with van der Waals surface area (Å²) in [6.07, 6.45) is 5.16. The Balaban J connectivity index is 1.52. The standard InChI is InChI=1S/C18H20FN3O2/c19-14-6-3-9-21-18(14)24-16-12-22(11-13-5-1-2-8-20-13)15-7-4-10-23-17(15)16/h1-3,5-6,8-9,15-17H,4,7,10-12H2/t15-,16+,17+/m1/s1. The van der Waals surface area contributed by atoms with Crippen LogP contribution in [0.15, 0.2) is 42.7 Å². The van der Waals surface area contributed by atoms with E-state index in [1.807, 2.05) is 18.2 Å². The lowest BCUT2D eigenvalue weighted by Crippen LogP contribution is -2.42. The number of likely N-dealkylation sites (tertiary alicyclic amines) is 1. The van der Waals surface area contributed by atoms with Gasteiger partial charge in [0.15, 0.2) is 5.82 Å². The van der Waals surface area contributed by atoms with Gasteiger partial charge in [0.05, 0.1) is 5.69 Å². The van der Waals surface area contributed by atoms with Gasteiger partial charge >= 0.3 is 0 Å². The molecule has 0 N–H and O–H groups in total. The molecular weight excluding hydrogens is 309 g/mol. The minimum atomic E-state index is -0.437. The second kappa shape index (κ2) is 6.83. The molecule has 5 nitrogen and oxygen atoms in total. The molecule has 2 aliphatic heterocycles. The van der Waals surface area contributed by atoms with E-state index < -0.39 is 5.82 Å². The molecule has 24 heavy (non-hydrogen) atoms. The Morgan fingerprint density at radius 3 is 2.96 bits per heavy atom. The molecule has 6 heteroatoms. The van der Waals surface area contributed by atoms with Gasteiger partial charge in [-0.2, -0.15) is 0 Å². The van der Waals surface area contributed by atoms with Gasteiger partial charge in [0.25, 0.3) is 5.88 Å². The van der Waals surface area contributed by atoms with E-state index in [2.05, 4.69) is 14.9 Å². The number of pyridine rings is 2. The van der Waals surface area contributed by atoms with Crippen LogP contribution in [-0.2, 0) is 11.3 Å². The van der Waals surface area contributed by atoms with Crippen LogP contribution in [0, 0.1) is 5.82 Å². The Labute approximate surface area is 140 Å². The first-order valence-corrected chi connectivity index (χ1v) is 8.34. The molecule has 0 amide bonds. The summed E-state index contributed by atoms with van der Waals surface area (Å²) in [5.41, 5.74) is 1.02. The van der Waals surface area contributed by atoms with Crippen molar-refractivity contribution in [3.63, 3.8) is 0 Å². The third-order valence-corrected chi connectivity index (χ3v) is 4.66. The Morgan fingerprint density at radius 1 is 1.21 bits per heavy atom. The lowest BCUT2D eigenvalue weighted by Gasteiger charge is -2.32. The lowest BCUT2D eigenvalue weighted by atomic mass is 10.0. The topological polar surface area (TPSA) is 47.5 Å². The second-order valence-corrected chi connectivity index (χ2v) is 6.24. The number of hydrogen-bond acceptors (Lipinski definition) is 5. The van der Waals surface area contributed by atoms with E-state index in [9.17, 15) is 4.39 Å². The third kappa shape index (κ3) is 3.12. The molecule has 3 atom stereocenters. The molecule has 2 fully saturated rings. The maximum atomic E-state index is 13.9. The summed E-state index contributed by atoms with van der Waals surface area (Å²) in [5, 5.41) is 0. The number of ether oxygens (including phenoxy) is 2. The molecule has 0 spiro atoms. The van der Waals surface area contributed by atoms with Crippen molar-refractivity contribution in [1.29, 1.82) is 0 Å². The van der Waals surface area contributed by atoms with Gasteiger partial charge in [0.2, 0.25) is 0 Å². The van der Waals surface area contributed by atoms with E-state index in [4.69, 9.17) is 9.47 Å². The van der Waals surface area contributed by atoms with Crippen molar-refractivity contribution in [3.8, 4) is 5.88 Å². The van der Waals surface area contributed by atoms with Crippen LogP contribution in [-0.4, -0.2) is 46.3 Å². The molecule has 0 saturated carbocycles. The number of rotatable bonds is 4. The van der Waals surface area contributed by atoms with Crippen molar-refractivity contribution < 1.29 is 13.9 Å². The normalized spacial score (nSPS) is 27.0. The first-order valence-electron chi connectivity index (χ1n) is 8.34. The van der Waals surface area contributed by atoms with Crippen LogP contribution < -0.4 is 4.74 Å². The molecule has 0 aromatic carbocycles. The molecule has 0 radical (unpaired) electrons. The fourth-order valence-corrected chi connectivity index (χ4v) is 3.59. The molecular formula is C18H20FN3O2. The SMILES string of the molecule is Fc1cccnc1O[C@H]1CN(Cc2ccccn2)[C@@H]2CCCO[C@H]12. The summed E-state index contributed by atoms with van der Waals surface area (Å²) in [6, 6.07) is 9.12. The van der Waals surface area contributed by atoms with Crippen LogP contribution in [0.4, 0.5) is 4.39 Å². The van der Waals surface area contributed by atoms with Gasteiger partial charge in [-0.05, 0) is 37.1 Å². The largest absolute Gasteiger partial charge is 0.468 e. The lowest BCUT2D eigenvalue weighted by molar-refractivity contribution is -0.0487. The predicted molar refractivity (Wildman–Crippen MR) is 86.0 cm³/mol. The number of aromatic nitrogens is 2. The smallest absolute Gasteiger partial charge is 0.250 e. The Bertz CT molecular complexity index is 685. The fourth-order valence-electron chi connectivity index (χ4n) is 3.59. The van der Waals surface area contributed by atoms with Gasteiger partial charge in [0.1, 0.15) is 12.2 Å². The van der Waals surface area contributed by atoms with E-state index in [0.29, 0.717) is 6.54 Å². The number of halogens is 1. The zero-order valence-corrected chi connectivity index (χ0v) is 13.3. The molecule has 0 unspecified atom stereocenters. The molecule has 2 saturated heterocycles. The second-order valence-electron chi connectivity index (χ2n) is 6.24. The minimum Gasteiger partial charge on any atom is -0.468 e. The van der Waals surface area contributed by atoms with E-state index in [-0.39, 0.29) is 24.1 Å². The highest BCUT2D eigenvalue weighted by molar-refractivity contribution is 5.15. The van der Waals surface area contributed by atoms with Crippen LogP contribution in [0.3, 0.4) is 0 Å². The van der Waals surface area contributed by atoms with Crippen LogP contribution in [0.25, 0.3) is 0 Å². The van der Waals surface area contributed by atoms with Crippen molar-refractivity contribution in [2.24, 2.45) is 0 Å². The van der Waals surface area contributed by atoms with Gasteiger partial charge in [-0.3, -0.25) is 9.88 Å². The first kappa shape index (κ1) is 15.5. The molecule has 0 aliphatic carbocycles. The van der Waals surface area contributed by atoms with Crippen LogP contribution in [0.2, 0.25) is 0 Å². The van der Waals surface area contributed by atoms with E-state index in [0.717, 1.165) is 31.7 Å². The molecule has 4 rings (SSSR count). The highest BCUT2D eigenvalue weighted by Crippen LogP contribution is 2.32. The van der Waals surface area contributed by atoms with Crippen LogP contribution in [0.5, 0.6) is 5.88 Å². The summed E-state index contributed by atoms with van der Waals surface area (Å²) in [5.74, 6) is -0.386. The predicted octanol–water partition coefficient (Wildman–Crippen LogP) is 2.43. The number of hydrogen-bond donors (Lipinski definition) is 0. The monoisotopic (exact) mass is 329 g/mol. The number of fused-ring (bicyclic) bond motifs is 1. The molecule has 2 aliphatic rings. The molecule has 126 valence electrons. The molecule has 2 aromatic heterocycles. The van der Waals surface area contributed by atoms with Crippen molar-refractivity contribution >= 4 is 0 Å².